The highest BCUT2D eigenvalue weighted by molar-refractivity contribution is 5.55. The van der Waals surface area contributed by atoms with E-state index in [-0.39, 0.29) is 6.04 Å². The molecule has 2 aromatic rings. The molecule has 1 atom stereocenters. The Morgan fingerprint density at radius 3 is 2.95 bits per heavy atom. The lowest BCUT2D eigenvalue weighted by molar-refractivity contribution is 0.185. The van der Waals surface area contributed by atoms with E-state index in [1.165, 1.54) is 0 Å². The predicted molar refractivity (Wildman–Crippen MR) is 74.4 cm³/mol. The number of nitrogens with zero attached hydrogens (tertiary/aromatic N) is 2. The number of likely N-dealkylation sites (tertiary alicyclic amines) is 1. The maximum Gasteiger partial charge on any atom is 0.209 e. The maximum absolute atomic E-state index is 5.98. The predicted octanol–water partition coefficient (Wildman–Crippen LogP) is 2.26. The number of benzene rings is 1. The minimum Gasteiger partial charge on any atom is -0.439 e. The van der Waals surface area contributed by atoms with Crippen LogP contribution >= 0.6 is 0 Å². The lowest BCUT2D eigenvalue weighted by Gasteiger charge is -2.29. The molecule has 0 aliphatic carbocycles. The molecule has 3 rings (SSSR count). The number of aromatic nitrogens is 1. The Morgan fingerprint density at radius 1 is 1.32 bits per heavy atom. The zero-order valence-electron chi connectivity index (χ0n) is 11.0. The first-order valence-electron chi connectivity index (χ1n) is 6.79. The lowest BCUT2D eigenvalue weighted by Crippen LogP contribution is -2.42. The smallest absolute Gasteiger partial charge is 0.209 e. The van der Waals surface area contributed by atoms with Gasteiger partial charge < -0.3 is 10.2 Å². The summed E-state index contributed by atoms with van der Waals surface area (Å²) in [5.74, 6) is 1.60. The van der Waals surface area contributed by atoms with Gasteiger partial charge in [-0.15, -0.1) is 0 Å². The molecule has 0 spiro atoms. The quantitative estimate of drug-likeness (QED) is 0.916. The van der Waals surface area contributed by atoms with Gasteiger partial charge in [-0.25, -0.2) is 4.98 Å². The molecule has 19 heavy (non-hydrogen) atoms. The molecule has 0 radical (unpaired) electrons. The molecule has 0 saturated carbocycles. The van der Waals surface area contributed by atoms with Crippen molar-refractivity contribution in [3.05, 3.63) is 42.4 Å². The van der Waals surface area contributed by atoms with Crippen LogP contribution < -0.4 is 5.73 Å². The summed E-state index contributed by atoms with van der Waals surface area (Å²) in [6.45, 7) is 2.76. The molecule has 1 aliphatic heterocycles. The average molecular weight is 257 g/mol. The van der Waals surface area contributed by atoms with E-state index in [4.69, 9.17) is 10.2 Å². The van der Waals surface area contributed by atoms with Crippen molar-refractivity contribution in [2.45, 2.75) is 25.4 Å². The van der Waals surface area contributed by atoms with Crippen molar-refractivity contribution in [1.82, 2.24) is 9.88 Å². The SMILES string of the molecule is NC1CCCN(Cc2ncc(-c3ccccc3)o2)C1. The summed E-state index contributed by atoms with van der Waals surface area (Å²) in [5, 5.41) is 0. The second-order valence-electron chi connectivity index (χ2n) is 5.12. The van der Waals surface area contributed by atoms with E-state index in [2.05, 4.69) is 9.88 Å². The van der Waals surface area contributed by atoms with E-state index in [0.29, 0.717) is 0 Å². The minimum atomic E-state index is 0.289. The van der Waals surface area contributed by atoms with Gasteiger partial charge in [0, 0.05) is 18.2 Å². The summed E-state index contributed by atoms with van der Waals surface area (Å²) in [7, 11) is 0. The van der Waals surface area contributed by atoms with Crippen molar-refractivity contribution >= 4 is 0 Å². The van der Waals surface area contributed by atoms with Crippen molar-refractivity contribution in [2.75, 3.05) is 13.1 Å². The van der Waals surface area contributed by atoms with Gasteiger partial charge in [0.05, 0.1) is 12.7 Å². The number of nitrogens with two attached hydrogens (primary N) is 1. The van der Waals surface area contributed by atoms with Gasteiger partial charge in [-0.1, -0.05) is 30.3 Å². The molecule has 0 amide bonds. The van der Waals surface area contributed by atoms with Crippen LogP contribution in [0, 0.1) is 0 Å². The standard InChI is InChI=1S/C15H19N3O/c16-13-7-4-8-18(10-13)11-15-17-9-14(19-15)12-5-2-1-3-6-12/h1-3,5-6,9,13H,4,7-8,10-11,16H2. The van der Waals surface area contributed by atoms with Crippen LogP contribution in [0.15, 0.2) is 40.9 Å². The van der Waals surface area contributed by atoms with Gasteiger partial charge in [0.1, 0.15) is 0 Å². The van der Waals surface area contributed by atoms with Crippen molar-refractivity contribution < 1.29 is 4.42 Å². The zero-order chi connectivity index (χ0) is 13.1. The Morgan fingerprint density at radius 2 is 2.16 bits per heavy atom. The van der Waals surface area contributed by atoms with Gasteiger partial charge in [-0.3, -0.25) is 4.90 Å². The summed E-state index contributed by atoms with van der Waals surface area (Å²) in [5.41, 5.74) is 7.05. The molecule has 1 aromatic heterocycles. The van der Waals surface area contributed by atoms with Gasteiger partial charge in [0.2, 0.25) is 5.89 Å². The molecule has 1 aromatic carbocycles. The summed E-state index contributed by atoms with van der Waals surface area (Å²) in [4.78, 5) is 6.68. The summed E-state index contributed by atoms with van der Waals surface area (Å²) >= 11 is 0. The van der Waals surface area contributed by atoms with Crippen LogP contribution in [0.25, 0.3) is 11.3 Å². The molecule has 4 heteroatoms. The molecule has 0 bridgehead atoms. The fourth-order valence-electron chi connectivity index (χ4n) is 2.55. The monoisotopic (exact) mass is 257 g/mol. The Labute approximate surface area is 113 Å². The van der Waals surface area contributed by atoms with Crippen LogP contribution in [0.1, 0.15) is 18.7 Å². The summed E-state index contributed by atoms with van der Waals surface area (Å²) in [6, 6.07) is 10.3. The number of oxazole rings is 1. The molecule has 1 saturated heterocycles. The van der Waals surface area contributed by atoms with Crippen molar-refractivity contribution in [3.8, 4) is 11.3 Å². The third-order valence-electron chi connectivity index (χ3n) is 3.51. The Hall–Kier alpha value is -1.65. The van der Waals surface area contributed by atoms with E-state index in [9.17, 15) is 0 Å². The van der Waals surface area contributed by atoms with Crippen LogP contribution in [-0.4, -0.2) is 29.0 Å². The second-order valence-corrected chi connectivity index (χ2v) is 5.12. The van der Waals surface area contributed by atoms with Gasteiger partial charge in [-0.2, -0.15) is 0 Å². The second kappa shape index (κ2) is 5.55. The first kappa shape index (κ1) is 12.4. The van der Waals surface area contributed by atoms with Crippen LogP contribution in [0.5, 0.6) is 0 Å². The molecular weight excluding hydrogens is 238 g/mol. The molecular formula is C15H19N3O. The van der Waals surface area contributed by atoms with Gasteiger partial charge in [0.25, 0.3) is 0 Å². The van der Waals surface area contributed by atoms with E-state index >= 15 is 0 Å². The Bertz CT molecular complexity index is 523. The molecule has 1 aliphatic rings. The van der Waals surface area contributed by atoms with Crippen LogP contribution in [0.2, 0.25) is 0 Å². The molecule has 4 nitrogen and oxygen atoms in total. The largest absolute Gasteiger partial charge is 0.439 e. The van der Waals surface area contributed by atoms with Gasteiger partial charge >= 0.3 is 0 Å². The van der Waals surface area contributed by atoms with Gasteiger partial charge in [-0.05, 0) is 19.4 Å². The average Bonchev–Trinajstić information content (AvgIpc) is 2.88. The highest BCUT2D eigenvalue weighted by Gasteiger charge is 2.18. The normalized spacial score (nSPS) is 20.6. The molecule has 2 heterocycles. The topological polar surface area (TPSA) is 55.3 Å². The van der Waals surface area contributed by atoms with Gasteiger partial charge in [0.15, 0.2) is 5.76 Å². The number of piperidine rings is 1. The molecule has 2 N–H and O–H groups in total. The maximum atomic E-state index is 5.98. The van der Waals surface area contributed by atoms with Crippen molar-refractivity contribution in [1.29, 1.82) is 0 Å². The first-order valence-corrected chi connectivity index (χ1v) is 6.79. The van der Waals surface area contributed by atoms with Crippen molar-refractivity contribution in [2.24, 2.45) is 5.73 Å². The number of rotatable bonds is 3. The first-order chi connectivity index (χ1) is 9.31. The van der Waals surface area contributed by atoms with E-state index in [0.717, 1.165) is 49.7 Å². The third-order valence-corrected chi connectivity index (χ3v) is 3.51. The third kappa shape index (κ3) is 3.03. The summed E-state index contributed by atoms with van der Waals surface area (Å²) < 4.78 is 5.81. The van der Waals surface area contributed by atoms with Crippen LogP contribution in [-0.2, 0) is 6.54 Å². The van der Waals surface area contributed by atoms with E-state index in [1.807, 2.05) is 30.3 Å². The Balaban J connectivity index is 1.68. The number of hydrogen-bond donors (Lipinski definition) is 1. The minimum absolute atomic E-state index is 0.289. The molecule has 100 valence electrons. The van der Waals surface area contributed by atoms with Crippen molar-refractivity contribution in [3.63, 3.8) is 0 Å². The fraction of sp³-hybridized carbons (Fsp3) is 0.400. The molecule has 1 fully saturated rings. The zero-order valence-corrected chi connectivity index (χ0v) is 11.0. The highest BCUT2D eigenvalue weighted by Crippen LogP contribution is 2.21. The highest BCUT2D eigenvalue weighted by atomic mass is 16.4. The van der Waals surface area contributed by atoms with E-state index < -0.39 is 0 Å². The number of hydrogen-bond acceptors (Lipinski definition) is 4. The Kier molecular flexibility index (Phi) is 3.62. The molecule has 1 unspecified atom stereocenters. The van der Waals surface area contributed by atoms with Crippen LogP contribution in [0.4, 0.5) is 0 Å². The lowest BCUT2D eigenvalue weighted by atomic mass is 10.1. The van der Waals surface area contributed by atoms with Crippen LogP contribution in [0.3, 0.4) is 0 Å². The fourth-order valence-corrected chi connectivity index (χ4v) is 2.55. The van der Waals surface area contributed by atoms with E-state index in [1.54, 1.807) is 6.20 Å². The summed E-state index contributed by atoms with van der Waals surface area (Å²) in [6.07, 6.45) is 4.08.